The summed E-state index contributed by atoms with van der Waals surface area (Å²) in [5.74, 6) is 0. The largest absolute Gasteiger partial charge is 0.0955 e. The Hall–Kier alpha value is -1.04. The van der Waals surface area contributed by atoms with Gasteiger partial charge in [-0.2, -0.15) is 0 Å². The van der Waals surface area contributed by atoms with Crippen molar-refractivity contribution in [2.75, 3.05) is 0 Å². The zero-order valence-corrected chi connectivity index (χ0v) is 4.50. The predicted molar refractivity (Wildman–Crippen MR) is 41.2 cm³/mol. The maximum atomic E-state index is 7.62. The Kier molecular flexibility index (Phi) is 0.331. The van der Waals surface area contributed by atoms with Crippen molar-refractivity contribution in [3.8, 4) is 0 Å². The summed E-state index contributed by atoms with van der Waals surface area (Å²) in [6, 6.07) is -3.50. The SMILES string of the molecule is [2H]C([2H])=C(c1c([2H])c([2H])c([2H])c([2H])c1[2H])C([2H])([2H])[2H]. The van der Waals surface area contributed by atoms with Crippen LogP contribution in [0.4, 0.5) is 0 Å². The van der Waals surface area contributed by atoms with Gasteiger partial charge < -0.3 is 0 Å². The molecule has 0 bridgehead atoms. The van der Waals surface area contributed by atoms with E-state index in [1.165, 1.54) is 0 Å². The highest BCUT2D eigenvalue weighted by molar-refractivity contribution is 5.60. The second-order valence-electron chi connectivity index (χ2n) is 1.38. The van der Waals surface area contributed by atoms with Crippen molar-refractivity contribution in [3.63, 3.8) is 0 Å². The van der Waals surface area contributed by atoms with Crippen molar-refractivity contribution in [2.24, 2.45) is 0 Å². The van der Waals surface area contributed by atoms with E-state index in [0.717, 1.165) is 0 Å². The minimum atomic E-state index is -2.91. The van der Waals surface area contributed by atoms with Crippen LogP contribution in [0.5, 0.6) is 0 Å². The third kappa shape index (κ3) is 1.43. The van der Waals surface area contributed by atoms with Gasteiger partial charge >= 0.3 is 0 Å². The van der Waals surface area contributed by atoms with Crippen LogP contribution >= 0.6 is 0 Å². The monoisotopic (exact) mass is 128 g/mol. The third-order valence-electron chi connectivity index (χ3n) is 0.750. The molecular formula is C9H10. The number of benzene rings is 1. The molecule has 0 N–H and O–H groups in total. The Morgan fingerprint density at radius 2 is 2.44 bits per heavy atom. The molecule has 0 amide bonds. The lowest BCUT2D eigenvalue weighted by Crippen LogP contribution is -1.72. The molecule has 0 aromatic heterocycles. The van der Waals surface area contributed by atoms with Crippen LogP contribution in [0.15, 0.2) is 36.7 Å². The fraction of sp³-hybridized carbons (Fsp3) is 0.111. The molecule has 1 rings (SSSR count). The Morgan fingerprint density at radius 1 is 1.67 bits per heavy atom. The Balaban J connectivity index is 3.84. The molecule has 1 aromatic carbocycles. The highest BCUT2D eigenvalue weighted by Crippen LogP contribution is 2.08. The highest BCUT2D eigenvalue weighted by atomic mass is 13.9. The molecule has 0 nitrogen and oxygen atoms in total. The summed E-state index contributed by atoms with van der Waals surface area (Å²) in [5, 5.41) is 0. The molecule has 0 aliphatic rings. The van der Waals surface area contributed by atoms with Crippen molar-refractivity contribution < 1.29 is 13.7 Å². The molecule has 0 aliphatic heterocycles. The zero-order valence-electron chi connectivity index (χ0n) is 14.5. The Morgan fingerprint density at radius 3 is 3.00 bits per heavy atom. The van der Waals surface area contributed by atoms with E-state index in [4.69, 9.17) is 13.7 Å². The molecule has 0 saturated heterocycles. The van der Waals surface area contributed by atoms with Crippen LogP contribution < -0.4 is 0 Å². The second kappa shape index (κ2) is 2.49. The maximum Gasteiger partial charge on any atom is 0.0629 e. The summed E-state index contributed by atoms with van der Waals surface area (Å²) >= 11 is 0. The normalized spacial score (nSPS) is 25.8. The molecule has 0 fully saturated rings. The lowest BCUT2D eigenvalue weighted by Gasteiger charge is -1.94. The minimum absolute atomic E-state index is 0.619. The van der Waals surface area contributed by atoms with E-state index in [1.807, 2.05) is 0 Å². The van der Waals surface area contributed by atoms with Gasteiger partial charge in [-0.3, -0.25) is 0 Å². The van der Waals surface area contributed by atoms with Gasteiger partial charge in [0, 0.05) is 4.11 Å². The van der Waals surface area contributed by atoms with Crippen LogP contribution in [0.3, 0.4) is 0 Å². The van der Waals surface area contributed by atoms with E-state index in [9.17, 15) is 0 Å². The first kappa shape index (κ1) is 1.20. The summed E-state index contributed by atoms with van der Waals surface area (Å²) in [5.41, 5.74) is -1.48. The predicted octanol–water partition coefficient (Wildman–Crippen LogP) is 2.72. The van der Waals surface area contributed by atoms with Gasteiger partial charge in [-0.1, -0.05) is 42.3 Å². The lowest BCUT2D eigenvalue weighted by molar-refractivity contribution is 1.58. The smallest absolute Gasteiger partial charge is 0.0629 e. The van der Waals surface area contributed by atoms with Crippen molar-refractivity contribution in [1.82, 2.24) is 0 Å². The van der Waals surface area contributed by atoms with E-state index in [-0.39, 0.29) is 0 Å². The molecule has 0 atom stereocenters. The summed E-state index contributed by atoms with van der Waals surface area (Å²) < 4.78 is 73.6. The van der Waals surface area contributed by atoms with Crippen molar-refractivity contribution in [2.45, 2.75) is 6.85 Å². The van der Waals surface area contributed by atoms with E-state index in [1.54, 1.807) is 0 Å². The van der Waals surface area contributed by atoms with Crippen LogP contribution in [0.1, 0.15) is 26.1 Å². The Bertz CT molecular complexity index is 520. The molecule has 46 valence electrons. The van der Waals surface area contributed by atoms with Crippen molar-refractivity contribution in [1.29, 1.82) is 0 Å². The molecule has 0 spiro atoms. The van der Waals surface area contributed by atoms with Crippen LogP contribution in [-0.2, 0) is 0 Å². The van der Waals surface area contributed by atoms with Gasteiger partial charge in [0.2, 0.25) is 0 Å². The molecule has 9 heavy (non-hydrogen) atoms. The fourth-order valence-corrected chi connectivity index (χ4v) is 0.375. The molecule has 0 aliphatic carbocycles. The van der Waals surface area contributed by atoms with Gasteiger partial charge in [-0.25, -0.2) is 0 Å². The first-order chi connectivity index (χ1) is 8.50. The van der Waals surface area contributed by atoms with Gasteiger partial charge in [-0.05, 0) is 12.4 Å². The van der Waals surface area contributed by atoms with Crippen LogP contribution in [0.25, 0.3) is 5.57 Å². The summed E-state index contributed by atoms with van der Waals surface area (Å²) in [4.78, 5) is 0. The third-order valence-corrected chi connectivity index (χ3v) is 0.750. The summed E-state index contributed by atoms with van der Waals surface area (Å²) in [7, 11) is 0. The first-order valence-corrected chi connectivity index (χ1v) is 2.25. The molecule has 0 heteroatoms. The van der Waals surface area contributed by atoms with Gasteiger partial charge in [0.15, 0.2) is 0 Å². The fourth-order valence-electron chi connectivity index (χ4n) is 0.375. The highest BCUT2D eigenvalue weighted by Gasteiger charge is 1.86. The lowest BCUT2D eigenvalue weighted by atomic mass is 10.1. The molecule has 0 heterocycles. The van der Waals surface area contributed by atoms with E-state index in [2.05, 4.69) is 0 Å². The van der Waals surface area contributed by atoms with Gasteiger partial charge in [0.1, 0.15) is 0 Å². The molecule has 0 radical (unpaired) electrons. The Labute approximate surface area is 69.9 Å². The number of allylic oxidation sites excluding steroid dienone is 1. The van der Waals surface area contributed by atoms with Crippen molar-refractivity contribution >= 4 is 5.57 Å². The summed E-state index contributed by atoms with van der Waals surface area (Å²) in [6.07, 6.45) is 0. The molecular weight excluding hydrogens is 108 g/mol. The van der Waals surface area contributed by atoms with Crippen LogP contribution in [0.2, 0.25) is 0 Å². The molecule has 0 saturated carbocycles. The average molecular weight is 128 g/mol. The van der Waals surface area contributed by atoms with Crippen molar-refractivity contribution in [3.05, 3.63) is 42.3 Å². The van der Waals surface area contributed by atoms with Crippen LogP contribution in [-0.4, -0.2) is 0 Å². The quantitative estimate of drug-likeness (QED) is 0.545. The van der Waals surface area contributed by atoms with E-state index in [0.29, 0.717) is 0 Å². The standard InChI is InChI=1S/C9H10/c1-8(2)9-6-4-3-5-7-9/h3-7H,1H2,2H3/i1D2,2D3,3D,4D,5D,6D,7D. The van der Waals surface area contributed by atoms with E-state index >= 15 is 0 Å². The maximum absolute atomic E-state index is 7.62. The second-order valence-corrected chi connectivity index (χ2v) is 1.38. The zero-order chi connectivity index (χ0) is 15.1. The average Bonchev–Trinajstić information content (AvgIpc) is 2.27. The number of hydrogen-bond acceptors (Lipinski definition) is 0. The van der Waals surface area contributed by atoms with Gasteiger partial charge in [0.05, 0.1) is 9.60 Å². The summed E-state index contributed by atoms with van der Waals surface area (Å²) in [6.45, 7) is -4.01. The first-order valence-electron chi connectivity index (χ1n) is 7.25. The van der Waals surface area contributed by atoms with Gasteiger partial charge in [-0.15, -0.1) is 0 Å². The van der Waals surface area contributed by atoms with Crippen LogP contribution in [0, 0.1) is 0 Å². The molecule has 0 unspecified atom stereocenters. The number of hydrogen-bond donors (Lipinski definition) is 0. The number of rotatable bonds is 1. The van der Waals surface area contributed by atoms with E-state index < -0.39 is 54.7 Å². The molecule has 1 aromatic rings. The minimum Gasteiger partial charge on any atom is -0.0955 e. The van der Waals surface area contributed by atoms with Gasteiger partial charge in [0.25, 0.3) is 0 Å². The topological polar surface area (TPSA) is 0 Å².